The molecule has 4 nitrogen and oxygen atoms in total. The molecule has 0 atom stereocenters. The van der Waals surface area contributed by atoms with Crippen molar-refractivity contribution in [3.63, 3.8) is 0 Å². The Bertz CT molecular complexity index is 385. The van der Waals surface area contributed by atoms with E-state index in [-0.39, 0.29) is 0 Å². The maximum absolute atomic E-state index is 10.8. The van der Waals surface area contributed by atoms with Crippen LogP contribution in [0.2, 0.25) is 0 Å². The predicted molar refractivity (Wildman–Crippen MR) is 71.2 cm³/mol. The first-order valence-corrected chi connectivity index (χ1v) is 6.88. The molecule has 2 heterocycles. The molecule has 1 aliphatic rings. The van der Waals surface area contributed by atoms with E-state index in [1.807, 2.05) is 14.0 Å². The minimum atomic E-state index is 0.744. The van der Waals surface area contributed by atoms with Gasteiger partial charge in [0.2, 0.25) is 0 Å². The maximum atomic E-state index is 10.8. The van der Waals surface area contributed by atoms with Gasteiger partial charge in [0.1, 0.15) is 0 Å². The zero-order chi connectivity index (χ0) is 12.3. The lowest BCUT2D eigenvalue weighted by atomic mass is 10.4. The number of carbonyl (C=O) groups is 1. The molecule has 2 rings (SSSR count). The summed E-state index contributed by atoms with van der Waals surface area (Å²) in [5.74, 6) is 0. The molecule has 1 aromatic heterocycles. The second-order valence-corrected chi connectivity index (χ2v) is 5.54. The van der Waals surface area contributed by atoms with Crippen molar-refractivity contribution in [1.82, 2.24) is 9.88 Å². The van der Waals surface area contributed by atoms with Gasteiger partial charge < -0.3 is 9.80 Å². The van der Waals surface area contributed by atoms with Crippen LogP contribution in [0, 0.1) is 6.92 Å². The van der Waals surface area contributed by atoms with Gasteiger partial charge in [0.15, 0.2) is 11.4 Å². The first-order valence-electron chi connectivity index (χ1n) is 6.07. The third kappa shape index (κ3) is 3.04. The van der Waals surface area contributed by atoms with Gasteiger partial charge in [0.25, 0.3) is 0 Å². The van der Waals surface area contributed by atoms with E-state index in [1.54, 1.807) is 0 Å². The molecule has 0 radical (unpaired) electrons. The van der Waals surface area contributed by atoms with Crippen LogP contribution < -0.4 is 4.90 Å². The molecule has 0 aromatic carbocycles. The molecule has 0 aliphatic carbocycles. The van der Waals surface area contributed by atoms with Crippen LogP contribution >= 0.6 is 11.3 Å². The molecule has 0 amide bonds. The number of anilines is 1. The summed E-state index contributed by atoms with van der Waals surface area (Å²) in [7, 11) is 2.04. The molecule has 5 heteroatoms. The lowest BCUT2D eigenvalue weighted by molar-refractivity contribution is 0.112. The van der Waals surface area contributed by atoms with Crippen LogP contribution in [0.25, 0.3) is 0 Å². The highest BCUT2D eigenvalue weighted by Crippen LogP contribution is 2.23. The lowest BCUT2D eigenvalue weighted by Gasteiger charge is -2.20. The van der Waals surface area contributed by atoms with Gasteiger partial charge in [-0.2, -0.15) is 0 Å². The van der Waals surface area contributed by atoms with Crippen LogP contribution in [-0.2, 0) is 0 Å². The normalized spacial score (nSPS) is 16.4. The summed E-state index contributed by atoms with van der Waals surface area (Å²) in [4.78, 5) is 20.6. The summed E-state index contributed by atoms with van der Waals surface area (Å²) < 4.78 is 0. The summed E-state index contributed by atoms with van der Waals surface area (Å²) in [6.07, 6.45) is 3.55. The third-order valence-electron chi connectivity index (χ3n) is 3.21. The van der Waals surface area contributed by atoms with Gasteiger partial charge >= 0.3 is 0 Å². The molecule has 94 valence electrons. The first-order chi connectivity index (χ1) is 8.20. The number of likely N-dealkylation sites (N-methyl/N-ethyl adjacent to an activating group) is 1. The van der Waals surface area contributed by atoms with Gasteiger partial charge in [-0.25, -0.2) is 4.98 Å². The largest absolute Gasteiger partial charge is 0.350 e. The van der Waals surface area contributed by atoms with Crippen molar-refractivity contribution in [2.75, 3.05) is 38.1 Å². The molecular formula is C12H19N3OS. The molecule has 0 saturated carbocycles. The molecule has 17 heavy (non-hydrogen) atoms. The number of thiazole rings is 1. The van der Waals surface area contributed by atoms with Crippen LogP contribution in [0.5, 0.6) is 0 Å². The number of nitrogens with zero attached hydrogens (tertiary/aromatic N) is 3. The van der Waals surface area contributed by atoms with Crippen molar-refractivity contribution >= 4 is 22.8 Å². The highest BCUT2D eigenvalue weighted by Gasteiger charge is 2.14. The second-order valence-electron chi connectivity index (χ2n) is 4.53. The van der Waals surface area contributed by atoms with Gasteiger partial charge in [-0.15, -0.1) is 0 Å². The quantitative estimate of drug-likeness (QED) is 0.750. The third-order valence-corrected chi connectivity index (χ3v) is 4.40. The predicted octanol–water partition coefficient (Wildman–Crippen LogP) is 1.80. The fourth-order valence-electron chi connectivity index (χ4n) is 2.06. The number of carbonyl (C=O) groups excluding carboxylic acids is 1. The second kappa shape index (κ2) is 5.60. The highest BCUT2D eigenvalue weighted by atomic mass is 32.1. The Kier molecular flexibility index (Phi) is 4.12. The number of hydrogen-bond acceptors (Lipinski definition) is 5. The Morgan fingerprint density at radius 3 is 2.76 bits per heavy atom. The summed E-state index contributed by atoms with van der Waals surface area (Å²) in [6, 6.07) is 0. The Morgan fingerprint density at radius 2 is 2.18 bits per heavy atom. The van der Waals surface area contributed by atoms with E-state index in [2.05, 4.69) is 14.8 Å². The maximum Gasteiger partial charge on any atom is 0.185 e. The van der Waals surface area contributed by atoms with Crippen LogP contribution in [-0.4, -0.2) is 49.4 Å². The Hall–Kier alpha value is -0.940. The van der Waals surface area contributed by atoms with Crippen molar-refractivity contribution in [2.24, 2.45) is 0 Å². The molecule has 1 saturated heterocycles. The fraction of sp³-hybridized carbons (Fsp3) is 0.667. The number of aldehydes is 1. The van der Waals surface area contributed by atoms with E-state index in [1.165, 1.54) is 37.3 Å². The fourth-order valence-corrected chi connectivity index (χ4v) is 2.93. The van der Waals surface area contributed by atoms with Gasteiger partial charge in [0, 0.05) is 20.1 Å². The Balaban J connectivity index is 1.89. The van der Waals surface area contributed by atoms with Crippen LogP contribution in [0.15, 0.2) is 0 Å². The minimum absolute atomic E-state index is 0.744. The Labute approximate surface area is 106 Å². The van der Waals surface area contributed by atoms with Crippen molar-refractivity contribution in [3.8, 4) is 0 Å². The summed E-state index contributed by atoms with van der Waals surface area (Å²) >= 11 is 1.48. The van der Waals surface area contributed by atoms with E-state index < -0.39 is 0 Å². The summed E-state index contributed by atoms with van der Waals surface area (Å²) in [5.41, 5.74) is 0.841. The van der Waals surface area contributed by atoms with Gasteiger partial charge in [-0.3, -0.25) is 4.79 Å². The van der Waals surface area contributed by atoms with Crippen LogP contribution in [0.1, 0.15) is 28.2 Å². The van der Waals surface area contributed by atoms with Gasteiger partial charge in [-0.1, -0.05) is 11.3 Å². The molecule has 0 unspecified atom stereocenters. The molecule has 1 fully saturated rings. The first kappa shape index (κ1) is 12.5. The number of likely N-dealkylation sites (tertiary alicyclic amines) is 1. The lowest BCUT2D eigenvalue weighted by Crippen LogP contribution is -2.31. The standard InChI is InChI=1S/C12H19N3OS/c1-10-11(9-16)17-12(13-10)14(2)7-8-15-5-3-4-6-15/h9H,3-8H2,1-2H3. The van der Waals surface area contributed by atoms with Crippen LogP contribution in [0.3, 0.4) is 0 Å². The van der Waals surface area contributed by atoms with E-state index in [0.29, 0.717) is 0 Å². The van der Waals surface area contributed by atoms with Gasteiger partial charge in [0.05, 0.1) is 10.6 Å². The molecule has 0 spiro atoms. The summed E-state index contributed by atoms with van der Waals surface area (Å²) in [6.45, 7) is 6.41. The number of rotatable bonds is 5. The SMILES string of the molecule is Cc1nc(N(C)CCN2CCCC2)sc1C=O. The average molecular weight is 253 g/mol. The molecule has 0 N–H and O–H groups in total. The van der Waals surface area contributed by atoms with Crippen molar-refractivity contribution in [3.05, 3.63) is 10.6 Å². The number of aromatic nitrogens is 1. The smallest absolute Gasteiger partial charge is 0.185 e. The van der Waals surface area contributed by atoms with Crippen molar-refractivity contribution < 1.29 is 4.79 Å². The number of hydrogen-bond donors (Lipinski definition) is 0. The zero-order valence-corrected chi connectivity index (χ0v) is 11.3. The van der Waals surface area contributed by atoms with E-state index >= 15 is 0 Å². The summed E-state index contributed by atoms with van der Waals surface area (Å²) in [5, 5.41) is 0.948. The number of aryl methyl sites for hydroxylation is 1. The molecular weight excluding hydrogens is 234 g/mol. The zero-order valence-electron chi connectivity index (χ0n) is 10.5. The van der Waals surface area contributed by atoms with E-state index in [9.17, 15) is 4.79 Å². The van der Waals surface area contributed by atoms with Crippen molar-refractivity contribution in [1.29, 1.82) is 0 Å². The molecule has 1 aliphatic heterocycles. The topological polar surface area (TPSA) is 36.4 Å². The molecule has 0 bridgehead atoms. The monoisotopic (exact) mass is 253 g/mol. The highest BCUT2D eigenvalue weighted by molar-refractivity contribution is 7.17. The van der Waals surface area contributed by atoms with E-state index in [0.717, 1.165) is 35.1 Å². The minimum Gasteiger partial charge on any atom is -0.350 e. The Morgan fingerprint density at radius 1 is 1.47 bits per heavy atom. The average Bonchev–Trinajstić information content (AvgIpc) is 2.94. The van der Waals surface area contributed by atoms with Crippen molar-refractivity contribution in [2.45, 2.75) is 19.8 Å². The molecule has 1 aromatic rings. The van der Waals surface area contributed by atoms with E-state index in [4.69, 9.17) is 0 Å². The van der Waals surface area contributed by atoms with Gasteiger partial charge in [-0.05, 0) is 32.9 Å². The van der Waals surface area contributed by atoms with Crippen LogP contribution in [0.4, 0.5) is 5.13 Å².